The Labute approximate surface area is 112 Å². The van der Waals surface area contributed by atoms with E-state index in [1.54, 1.807) is 11.3 Å². The quantitative estimate of drug-likeness (QED) is 0.640. The van der Waals surface area contributed by atoms with Gasteiger partial charge < -0.3 is 5.32 Å². The summed E-state index contributed by atoms with van der Waals surface area (Å²) < 4.78 is 2.20. The van der Waals surface area contributed by atoms with Crippen LogP contribution in [0.4, 0.5) is 0 Å². The monoisotopic (exact) mass is 261 g/mol. The Hall–Kier alpha value is -1.31. The van der Waals surface area contributed by atoms with E-state index in [2.05, 4.69) is 40.7 Å². The summed E-state index contributed by atoms with van der Waals surface area (Å²) in [5, 5.41) is 3.46. The van der Waals surface area contributed by atoms with Crippen molar-refractivity contribution in [1.29, 1.82) is 0 Å². The molecule has 0 fully saturated rings. The van der Waals surface area contributed by atoms with E-state index in [9.17, 15) is 0 Å². The van der Waals surface area contributed by atoms with Crippen LogP contribution in [0.5, 0.6) is 0 Å². The number of fused-ring (bicyclic) bond motifs is 1. The average Bonchev–Trinajstić information content (AvgIpc) is 2.80. The van der Waals surface area contributed by atoms with E-state index in [1.165, 1.54) is 10.6 Å². The van der Waals surface area contributed by atoms with E-state index in [0.29, 0.717) is 0 Å². The molecule has 0 bridgehead atoms. The molecule has 18 heavy (non-hydrogen) atoms. The van der Waals surface area contributed by atoms with Crippen LogP contribution in [-0.2, 0) is 6.54 Å². The standard InChI is InChI=1S/C14H19N3S/c1-4-5-6-7-8-15-9-13-12(3)16-14-17(13)10-11(2)18-14/h1,10,15H,5-9H2,2-3H3. The van der Waals surface area contributed by atoms with Gasteiger partial charge in [-0.3, -0.25) is 4.40 Å². The molecule has 96 valence electrons. The van der Waals surface area contributed by atoms with Gasteiger partial charge >= 0.3 is 0 Å². The molecule has 0 radical (unpaired) electrons. The van der Waals surface area contributed by atoms with Gasteiger partial charge in [-0.05, 0) is 33.2 Å². The minimum absolute atomic E-state index is 0.874. The number of hydrogen-bond donors (Lipinski definition) is 1. The Kier molecular flexibility index (Phi) is 4.40. The van der Waals surface area contributed by atoms with Crippen molar-refractivity contribution >= 4 is 16.3 Å². The Morgan fingerprint density at radius 2 is 2.28 bits per heavy atom. The summed E-state index contributed by atoms with van der Waals surface area (Å²) in [6, 6.07) is 0. The molecule has 0 atom stereocenters. The van der Waals surface area contributed by atoms with Gasteiger partial charge in [0.15, 0.2) is 4.96 Å². The van der Waals surface area contributed by atoms with Gasteiger partial charge in [0.05, 0.1) is 11.4 Å². The van der Waals surface area contributed by atoms with Crippen LogP contribution in [-0.4, -0.2) is 15.9 Å². The van der Waals surface area contributed by atoms with Gasteiger partial charge in [-0.15, -0.1) is 23.7 Å². The van der Waals surface area contributed by atoms with Crippen molar-refractivity contribution in [1.82, 2.24) is 14.7 Å². The topological polar surface area (TPSA) is 29.3 Å². The fraction of sp³-hybridized carbons (Fsp3) is 0.500. The van der Waals surface area contributed by atoms with E-state index in [1.807, 2.05) is 0 Å². The summed E-state index contributed by atoms with van der Waals surface area (Å²) in [7, 11) is 0. The van der Waals surface area contributed by atoms with Crippen LogP contribution >= 0.6 is 11.3 Å². The molecule has 3 nitrogen and oxygen atoms in total. The van der Waals surface area contributed by atoms with Crippen LogP contribution < -0.4 is 5.32 Å². The van der Waals surface area contributed by atoms with Crippen LogP contribution in [0.1, 0.15) is 35.5 Å². The van der Waals surface area contributed by atoms with Crippen molar-refractivity contribution in [3.8, 4) is 12.3 Å². The zero-order chi connectivity index (χ0) is 13.0. The molecular weight excluding hydrogens is 242 g/mol. The SMILES string of the molecule is C#CCCCCNCc1c(C)nc2sc(C)cn12. The number of nitrogens with zero attached hydrogens (tertiary/aromatic N) is 2. The first-order valence-electron chi connectivity index (χ1n) is 6.30. The Morgan fingerprint density at radius 3 is 3.06 bits per heavy atom. The van der Waals surface area contributed by atoms with Gasteiger partial charge in [0.1, 0.15) is 0 Å². The van der Waals surface area contributed by atoms with Crippen molar-refractivity contribution in [2.24, 2.45) is 0 Å². The van der Waals surface area contributed by atoms with E-state index in [4.69, 9.17) is 6.42 Å². The third-order valence-electron chi connectivity index (χ3n) is 2.96. The fourth-order valence-electron chi connectivity index (χ4n) is 2.01. The molecule has 0 saturated carbocycles. The summed E-state index contributed by atoms with van der Waals surface area (Å²) >= 11 is 1.74. The van der Waals surface area contributed by atoms with Gasteiger partial charge in [-0.2, -0.15) is 0 Å². The number of rotatable bonds is 6. The van der Waals surface area contributed by atoms with Crippen molar-refractivity contribution in [2.75, 3.05) is 6.54 Å². The number of terminal acetylenes is 1. The van der Waals surface area contributed by atoms with Gasteiger partial charge in [0, 0.05) is 24.0 Å². The third kappa shape index (κ3) is 2.92. The van der Waals surface area contributed by atoms with Crippen LogP contribution in [0.25, 0.3) is 4.96 Å². The lowest BCUT2D eigenvalue weighted by molar-refractivity contribution is 0.619. The Bertz CT molecular complexity index is 559. The van der Waals surface area contributed by atoms with Gasteiger partial charge in [-0.25, -0.2) is 4.98 Å². The number of thiazole rings is 1. The zero-order valence-corrected chi connectivity index (χ0v) is 11.8. The largest absolute Gasteiger partial charge is 0.311 e. The van der Waals surface area contributed by atoms with Gasteiger partial charge in [0.25, 0.3) is 0 Å². The molecule has 1 N–H and O–H groups in total. The highest BCUT2D eigenvalue weighted by molar-refractivity contribution is 7.17. The number of unbranched alkanes of at least 4 members (excludes halogenated alkanes) is 2. The van der Waals surface area contributed by atoms with E-state index in [-0.39, 0.29) is 0 Å². The van der Waals surface area contributed by atoms with Crippen molar-refractivity contribution in [2.45, 2.75) is 39.7 Å². The molecule has 0 aliphatic carbocycles. The van der Waals surface area contributed by atoms with Gasteiger partial charge in [0.2, 0.25) is 0 Å². The molecule has 0 saturated heterocycles. The second-order valence-electron chi connectivity index (χ2n) is 4.48. The summed E-state index contributed by atoms with van der Waals surface area (Å²) in [5.74, 6) is 2.67. The summed E-state index contributed by atoms with van der Waals surface area (Å²) in [6.07, 6.45) is 10.5. The summed E-state index contributed by atoms with van der Waals surface area (Å²) in [6.45, 7) is 6.08. The molecule has 0 amide bonds. The third-order valence-corrected chi connectivity index (χ3v) is 3.86. The average molecular weight is 261 g/mol. The minimum Gasteiger partial charge on any atom is -0.311 e. The van der Waals surface area contributed by atoms with E-state index in [0.717, 1.165) is 43.0 Å². The molecule has 4 heteroatoms. The molecule has 2 rings (SSSR count). The maximum Gasteiger partial charge on any atom is 0.194 e. The molecule has 0 aliphatic heterocycles. The maximum atomic E-state index is 5.22. The van der Waals surface area contributed by atoms with Gasteiger partial charge in [-0.1, -0.05) is 0 Å². The number of hydrogen-bond acceptors (Lipinski definition) is 3. The van der Waals surface area contributed by atoms with E-state index < -0.39 is 0 Å². The van der Waals surface area contributed by atoms with Crippen LogP contribution in [0.3, 0.4) is 0 Å². The number of imidazole rings is 1. The highest BCUT2D eigenvalue weighted by Gasteiger charge is 2.10. The molecule has 2 aromatic heterocycles. The molecule has 2 heterocycles. The first kappa shape index (κ1) is 13.1. The first-order valence-corrected chi connectivity index (χ1v) is 7.12. The number of aromatic nitrogens is 2. The molecule has 0 aromatic carbocycles. The van der Waals surface area contributed by atoms with Crippen molar-refractivity contribution in [3.63, 3.8) is 0 Å². The highest BCUT2D eigenvalue weighted by Crippen LogP contribution is 2.20. The normalized spacial score (nSPS) is 10.9. The lowest BCUT2D eigenvalue weighted by Crippen LogP contribution is -2.16. The Balaban J connectivity index is 1.91. The van der Waals surface area contributed by atoms with Crippen molar-refractivity contribution < 1.29 is 0 Å². The lowest BCUT2D eigenvalue weighted by atomic mass is 10.2. The second kappa shape index (κ2) is 6.03. The summed E-state index contributed by atoms with van der Waals surface area (Å²) in [4.78, 5) is 6.97. The van der Waals surface area contributed by atoms with Crippen LogP contribution in [0.2, 0.25) is 0 Å². The second-order valence-corrected chi connectivity index (χ2v) is 5.69. The minimum atomic E-state index is 0.874. The lowest BCUT2D eigenvalue weighted by Gasteiger charge is -2.04. The summed E-state index contributed by atoms with van der Waals surface area (Å²) in [5.41, 5.74) is 2.39. The molecule has 0 aliphatic rings. The van der Waals surface area contributed by atoms with Crippen LogP contribution in [0.15, 0.2) is 6.20 Å². The Morgan fingerprint density at radius 1 is 1.44 bits per heavy atom. The number of nitrogens with one attached hydrogen (secondary N) is 1. The maximum absolute atomic E-state index is 5.22. The van der Waals surface area contributed by atoms with Crippen molar-refractivity contribution in [3.05, 3.63) is 22.5 Å². The predicted octanol–water partition coefficient (Wildman–Crippen LogP) is 2.91. The fourth-order valence-corrected chi connectivity index (χ4v) is 2.90. The first-order chi connectivity index (χ1) is 8.72. The molecular formula is C14H19N3S. The smallest absolute Gasteiger partial charge is 0.194 e. The predicted molar refractivity (Wildman–Crippen MR) is 76.9 cm³/mol. The molecule has 0 unspecified atom stereocenters. The highest BCUT2D eigenvalue weighted by atomic mass is 32.1. The molecule has 2 aromatic rings. The molecule has 0 spiro atoms. The zero-order valence-electron chi connectivity index (χ0n) is 11.0. The van der Waals surface area contributed by atoms with E-state index >= 15 is 0 Å². The number of aryl methyl sites for hydroxylation is 2. The van der Waals surface area contributed by atoms with Crippen LogP contribution in [0, 0.1) is 26.2 Å².